The summed E-state index contributed by atoms with van der Waals surface area (Å²) in [6, 6.07) is 0. The Hall–Kier alpha value is 2.08. The van der Waals surface area contributed by atoms with E-state index in [9.17, 15) is 0 Å². The summed E-state index contributed by atoms with van der Waals surface area (Å²) in [6.45, 7) is 0. The second-order valence-corrected chi connectivity index (χ2v) is 20.8. The van der Waals surface area contributed by atoms with Gasteiger partial charge in [-0.1, -0.05) is 0 Å². The van der Waals surface area contributed by atoms with Crippen molar-refractivity contribution in [1.82, 2.24) is 0 Å². The van der Waals surface area contributed by atoms with Crippen LogP contribution in [0, 0.1) is 35.5 Å². The molecule has 0 amide bonds. The summed E-state index contributed by atoms with van der Waals surface area (Å²) in [6.07, 6.45) is 6.82. The van der Waals surface area contributed by atoms with Crippen molar-refractivity contribution in [2.24, 2.45) is 35.5 Å². The first kappa shape index (κ1) is 13.3. The molecule has 4 aliphatic carbocycles. The van der Waals surface area contributed by atoms with Crippen LogP contribution in [0.3, 0.4) is 0 Å². The van der Waals surface area contributed by atoms with Crippen LogP contribution in [0.1, 0.15) is 25.7 Å². The van der Waals surface area contributed by atoms with Gasteiger partial charge in [-0.15, -0.1) is 0 Å². The summed E-state index contributed by atoms with van der Waals surface area (Å²) >= 11 is 4.49. The molecule has 14 unspecified atom stereocenters. The van der Waals surface area contributed by atoms with E-state index in [2.05, 4.69) is 0 Å². The Bertz CT molecular complexity index is 579. The summed E-state index contributed by atoms with van der Waals surface area (Å²) < 4.78 is 0. The second kappa shape index (κ2) is 4.15. The van der Waals surface area contributed by atoms with Crippen molar-refractivity contribution in [2.75, 3.05) is 0 Å². The molecule has 8 aliphatic rings. The van der Waals surface area contributed by atoms with Gasteiger partial charge in [0, 0.05) is 0 Å². The van der Waals surface area contributed by atoms with Gasteiger partial charge in [0.05, 0.1) is 0 Å². The third-order valence-corrected chi connectivity index (χ3v) is 23.1. The third kappa shape index (κ3) is 1.49. The van der Waals surface area contributed by atoms with Crippen LogP contribution in [0.4, 0.5) is 0 Å². The van der Waals surface area contributed by atoms with Crippen LogP contribution in [0.25, 0.3) is 0 Å². The Kier molecular flexibility index (Phi) is 2.50. The van der Waals surface area contributed by atoms with Crippen molar-refractivity contribution < 1.29 is 0 Å². The van der Waals surface area contributed by atoms with E-state index < -0.39 is 0 Å². The summed E-state index contributed by atoms with van der Waals surface area (Å²) in [4.78, 5) is 10.6. The van der Waals surface area contributed by atoms with Crippen molar-refractivity contribution >= 4 is 59.8 Å². The van der Waals surface area contributed by atoms with Crippen LogP contribution in [-0.4, -0.2) is 59.8 Å². The molecule has 0 aromatic rings. The molecule has 4 aliphatic heterocycles. The average Bonchev–Trinajstić information content (AvgIpc) is 3.32. The quantitative estimate of drug-likeness (QED) is 0.403. The van der Waals surface area contributed by atoms with Gasteiger partial charge in [0.15, 0.2) is 0 Å². The minimum atomic E-state index is 1.11. The topological polar surface area (TPSA) is 0 Å². The van der Waals surface area contributed by atoms with Crippen molar-refractivity contribution in [3.63, 3.8) is 0 Å². The molecule has 22 heavy (non-hydrogen) atoms. The van der Waals surface area contributed by atoms with Gasteiger partial charge < -0.3 is 0 Å². The molecule has 0 radical (unpaired) electrons. The summed E-state index contributed by atoms with van der Waals surface area (Å²) in [7, 11) is 0. The van der Waals surface area contributed by atoms with Gasteiger partial charge >= 0.3 is 160 Å². The Morgan fingerprint density at radius 2 is 1.27 bits per heavy atom. The van der Waals surface area contributed by atoms with Crippen LogP contribution in [0.5, 0.6) is 0 Å². The van der Waals surface area contributed by atoms with Crippen molar-refractivity contribution in [3.05, 3.63) is 0 Å². The molecule has 0 bridgehead atoms. The summed E-state index contributed by atoms with van der Waals surface area (Å²) in [5, 5.41) is 0. The van der Waals surface area contributed by atoms with Gasteiger partial charge in [0.1, 0.15) is 0 Å². The van der Waals surface area contributed by atoms with E-state index in [0.717, 1.165) is 59.8 Å². The van der Waals surface area contributed by atoms with Gasteiger partial charge in [-0.3, -0.25) is 0 Å². The Balaban J connectivity index is 1.17. The van der Waals surface area contributed by atoms with E-state index in [1.54, 1.807) is 25.7 Å². The van der Waals surface area contributed by atoms with Crippen LogP contribution >= 0.6 is 0 Å². The fraction of sp³-hybridized carbons (Fsp3) is 1.00. The van der Waals surface area contributed by atoms with Crippen molar-refractivity contribution in [1.29, 1.82) is 0 Å². The van der Waals surface area contributed by atoms with Gasteiger partial charge in [-0.2, -0.15) is 0 Å². The Labute approximate surface area is 158 Å². The molecule has 0 nitrogen and oxygen atoms in total. The van der Waals surface area contributed by atoms with E-state index in [1.807, 2.05) is 0 Å². The molecule has 4 heteroatoms. The predicted octanol–water partition coefficient (Wildman–Crippen LogP) is 3.48. The normalized spacial score (nSPS) is 77.5. The average molecular weight is 554 g/mol. The third-order valence-electron chi connectivity index (χ3n) is 8.67. The van der Waals surface area contributed by atoms with Crippen LogP contribution in [0.2, 0.25) is 38.5 Å². The number of hydrogen-bond acceptors (Lipinski definition) is 0. The molecule has 4 saturated heterocycles. The minimum absolute atomic E-state index is 1.11. The van der Waals surface area contributed by atoms with E-state index in [0.29, 0.717) is 0 Å². The zero-order valence-electron chi connectivity index (χ0n) is 12.5. The van der Waals surface area contributed by atoms with Gasteiger partial charge in [-0.05, 0) is 0 Å². The van der Waals surface area contributed by atoms with Crippen LogP contribution in [0.15, 0.2) is 0 Å². The molecule has 0 N–H and O–H groups in total. The molecular weight excluding hydrogens is 532 g/mol. The first-order valence-corrected chi connectivity index (χ1v) is 17.4. The number of fused-ring (bicyclic) bond motifs is 11. The fourth-order valence-corrected chi connectivity index (χ4v) is 25.5. The summed E-state index contributed by atoms with van der Waals surface area (Å²) in [5.74, 6) is 7.71. The van der Waals surface area contributed by atoms with E-state index in [-0.39, 0.29) is 0 Å². The first-order chi connectivity index (χ1) is 10.9. The Morgan fingerprint density at radius 1 is 0.500 bits per heavy atom. The molecule has 8 fully saturated rings. The number of rotatable bonds is 0. The number of hydrogen-bond donors (Lipinski definition) is 0. The SMILES string of the molecule is C1CC2[Se]C2C2C1CC1CC3C4[Se]C4C4[Se]C4C3C3[Se]C2C13. The van der Waals surface area contributed by atoms with Crippen LogP contribution < -0.4 is 0 Å². The zero-order chi connectivity index (χ0) is 13.7. The standard InChI is InChI=1S/C18H22Se4/c1-2-8-13(19-8)9-5(1)3-6-4-7-11(15-10(6)14(9)21-15)16-18(22-16)17-12(7)20-17/h5-18H,1-4H2. The molecule has 0 spiro atoms. The predicted molar refractivity (Wildman–Crippen MR) is 92.4 cm³/mol. The zero-order valence-corrected chi connectivity index (χ0v) is 19.4. The summed E-state index contributed by atoms with van der Waals surface area (Å²) in [5.41, 5.74) is 0. The second-order valence-electron chi connectivity index (χ2n) is 9.30. The molecule has 0 aromatic heterocycles. The van der Waals surface area contributed by atoms with E-state index >= 15 is 0 Å². The van der Waals surface area contributed by atoms with Gasteiger partial charge in [-0.25, -0.2) is 0 Å². The monoisotopic (exact) mass is 558 g/mol. The maximum atomic E-state index is 1.75. The molecule has 8 rings (SSSR count). The molecule has 4 saturated carbocycles. The fourth-order valence-electron chi connectivity index (χ4n) is 7.78. The van der Waals surface area contributed by atoms with Gasteiger partial charge in [0.2, 0.25) is 0 Å². The van der Waals surface area contributed by atoms with Crippen LogP contribution in [-0.2, 0) is 0 Å². The molecule has 4 heterocycles. The van der Waals surface area contributed by atoms with Crippen molar-refractivity contribution in [3.8, 4) is 0 Å². The van der Waals surface area contributed by atoms with Gasteiger partial charge in [0.25, 0.3) is 0 Å². The first-order valence-electron chi connectivity index (χ1n) is 9.50. The molecular formula is C18H22Se4. The van der Waals surface area contributed by atoms with E-state index in [1.165, 1.54) is 74.0 Å². The molecule has 0 aromatic carbocycles. The van der Waals surface area contributed by atoms with E-state index in [4.69, 9.17) is 0 Å². The molecule has 118 valence electrons. The van der Waals surface area contributed by atoms with Crippen molar-refractivity contribution in [2.45, 2.75) is 64.2 Å². The Morgan fingerprint density at radius 3 is 2.27 bits per heavy atom. The molecule has 14 atom stereocenters. The maximum absolute atomic E-state index is 1.75.